The van der Waals surface area contributed by atoms with Crippen molar-refractivity contribution < 1.29 is 23.9 Å². The van der Waals surface area contributed by atoms with Crippen molar-refractivity contribution in [2.24, 2.45) is 0 Å². The SMILES string of the molecule is O=C(COC(=O)[C@H]1CCC(=O)N1)Nc1ccc(N2CCOCC2)cc1. The molecule has 1 aromatic carbocycles. The first-order valence-corrected chi connectivity index (χ1v) is 8.30. The maximum Gasteiger partial charge on any atom is 0.329 e. The van der Waals surface area contributed by atoms with Crippen LogP contribution in [-0.2, 0) is 23.9 Å². The molecule has 2 amide bonds. The first-order chi connectivity index (χ1) is 12.1. The van der Waals surface area contributed by atoms with Crippen molar-refractivity contribution in [2.75, 3.05) is 43.1 Å². The molecule has 3 rings (SSSR count). The maximum atomic E-state index is 11.9. The molecule has 2 aliphatic heterocycles. The van der Waals surface area contributed by atoms with E-state index in [1.807, 2.05) is 24.3 Å². The number of benzene rings is 1. The van der Waals surface area contributed by atoms with Gasteiger partial charge in [-0.05, 0) is 30.7 Å². The second kappa shape index (κ2) is 7.98. The fraction of sp³-hybridized carbons (Fsp3) is 0.471. The van der Waals surface area contributed by atoms with Gasteiger partial charge in [-0.2, -0.15) is 0 Å². The van der Waals surface area contributed by atoms with E-state index in [-0.39, 0.29) is 12.5 Å². The van der Waals surface area contributed by atoms with Crippen molar-refractivity contribution in [3.8, 4) is 0 Å². The normalized spacial score (nSPS) is 20.1. The molecule has 8 heteroatoms. The Hall–Kier alpha value is -2.61. The fourth-order valence-electron chi connectivity index (χ4n) is 2.80. The lowest BCUT2D eigenvalue weighted by molar-refractivity contribution is -0.149. The monoisotopic (exact) mass is 347 g/mol. The summed E-state index contributed by atoms with van der Waals surface area (Å²) >= 11 is 0. The lowest BCUT2D eigenvalue weighted by Crippen LogP contribution is -2.36. The van der Waals surface area contributed by atoms with Crippen molar-refractivity contribution >= 4 is 29.2 Å². The van der Waals surface area contributed by atoms with Crippen LogP contribution in [0.1, 0.15) is 12.8 Å². The van der Waals surface area contributed by atoms with Gasteiger partial charge in [0.05, 0.1) is 13.2 Å². The molecule has 0 spiro atoms. The number of hydrogen-bond acceptors (Lipinski definition) is 6. The van der Waals surface area contributed by atoms with Crippen LogP contribution in [0.3, 0.4) is 0 Å². The van der Waals surface area contributed by atoms with Gasteiger partial charge in [0, 0.05) is 30.9 Å². The summed E-state index contributed by atoms with van der Waals surface area (Å²) in [7, 11) is 0. The van der Waals surface area contributed by atoms with Gasteiger partial charge in [-0.25, -0.2) is 4.79 Å². The molecular weight excluding hydrogens is 326 g/mol. The van der Waals surface area contributed by atoms with E-state index in [4.69, 9.17) is 9.47 Å². The Labute approximate surface area is 145 Å². The number of amides is 2. The van der Waals surface area contributed by atoms with E-state index in [9.17, 15) is 14.4 Å². The summed E-state index contributed by atoms with van der Waals surface area (Å²) in [4.78, 5) is 36.9. The van der Waals surface area contributed by atoms with Gasteiger partial charge in [0.2, 0.25) is 5.91 Å². The minimum Gasteiger partial charge on any atom is -0.454 e. The number of carbonyl (C=O) groups is 3. The van der Waals surface area contributed by atoms with Crippen molar-refractivity contribution in [3.63, 3.8) is 0 Å². The molecule has 0 radical (unpaired) electrons. The predicted octanol–water partition coefficient (Wildman–Crippen LogP) is 0.284. The minimum absolute atomic E-state index is 0.174. The molecule has 1 aromatic rings. The molecule has 25 heavy (non-hydrogen) atoms. The number of rotatable bonds is 5. The van der Waals surface area contributed by atoms with Gasteiger partial charge in [-0.1, -0.05) is 0 Å². The van der Waals surface area contributed by atoms with Crippen LogP contribution in [0.2, 0.25) is 0 Å². The van der Waals surface area contributed by atoms with E-state index in [1.54, 1.807) is 0 Å². The third-order valence-electron chi connectivity index (χ3n) is 4.15. The Morgan fingerprint density at radius 1 is 1.24 bits per heavy atom. The summed E-state index contributed by atoms with van der Waals surface area (Å²) in [6.45, 7) is 2.74. The van der Waals surface area contributed by atoms with Crippen molar-refractivity contribution in [1.29, 1.82) is 0 Å². The minimum atomic E-state index is -0.645. The van der Waals surface area contributed by atoms with Gasteiger partial charge in [0.1, 0.15) is 6.04 Å². The van der Waals surface area contributed by atoms with Gasteiger partial charge >= 0.3 is 5.97 Å². The standard InChI is InChI=1S/C17H21N3O5/c21-15-6-5-14(19-15)17(23)25-11-16(22)18-12-1-3-13(4-2-12)20-7-9-24-10-8-20/h1-4,14H,5-11H2,(H,18,22)(H,19,21)/t14-/m1/s1. The molecule has 1 atom stereocenters. The lowest BCUT2D eigenvalue weighted by Gasteiger charge is -2.28. The Bertz CT molecular complexity index is 640. The average molecular weight is 347 g/mol. The number of hydrogen-bond donors (Lipinski definition) is 2. The van der Waals surface area contributed by atoms with Crippen LogP contribution in [-0.4, -0.2) is 56.7 Å². The molecule has 0 saturated carbocycles. The third-order valence-corrected chi connectivity index (χ3v) is 4.15. The summed E-state index contributed by atoms with van der Waals surface area (Å²) in [5.74, 6) is -1.17. The molecule has 0 aliphatic carbocycles. The fourth-order valence-corrected chi connectivity index (χ4v) is 2.80. The summed E-state index contributed by atoms with van der Waals surface area (Å²) in [5, 5.41) is 5.19. The molecule has 2 N–H and O–H groups in total. The van der Waals surface area contributed by atoms with Crippen LogP contribution in [0.5, 0.6) is 0 Å². The zero-order valence-corrected chi connectivity index (χ0v) is 13.8. The number of esters is 1. The van der Waals surface area contributed by atoms with Crippen molar-refractivity contribution in [3.05, 3.63) is 24.3 Å². The number of nitrogens with zero attached hydrogens (tertiary/aromatic N) is 1. The molecule has 8 nitrogen and oxygen atoms in total. The average Bonchev–Trinajstić information content (AvgIpc) is 3.08. The van der Waals surface area contributed by atoms with Crippen LogP contribution in [0.4, 0.5) is 11.4 Å². The van der Waals surface area contributed by atoms with Crippen LogP contribution in [0, 0.1) is 0 Å². The quantitative estimate of drug-likeness (QED) is 0.743. The highest BCUT2D eigenvalue weighted by molar-refractivity contribution is 5.94. The molecule has 0 unspecified atom stereocenters. The zero-order chi connectivity index (χ0) is 17.6. The second-order valence-corrected chi connectivity index (χ2v) is 5.96. The van der Waals surface area contributed by atoms with E-state index < -0.39 is 17.9 Å². The summed E-state index contributed by atoms with van der Waals surface area (Å²) in [5.41, 5.74) is 1.71. The Balaban J connectivity index is 1.44. The van der Waals surface area contributed by atoms with Crippen LogP contribution in [0.15, 0.2) is 24.3 Å². The smallest absolute Gasteiger partial charge is 0.329 e. The number of anilines is 2. The second-order valence-electron chi connectivity index (χ2n) is 5.96. The Morgan fingerprint density at radius 3 is 2.60 bits per heavy atom. The summed E-state index contributed by atoms with van der Waals surface area (Å²) < 4.78 is 10.3. The van der Waals surface area contributed by atoms with Gasteiger partial charge < -0.3 is 25.0 Å². The summed E-state index contributed by atoms with van der Waals surface area (Å²) in [6, 6.07) is 6.83. The number of ether oxygens (including phenoxy) is 2. The van der Waals surface area contributed by atoms with Gasteiger partial charge in [0.15, 0.2) is 6.61 Å². The lowest BCUT2D eigenvalue weighted by atomic mass is 10.2. The molecule has 134 valence electrons. The van der Waals surface area contributed by atoms with E-state index in [0.717, 1.165) is 18.8 Å². The molecule has 2 saturated heterocycles. The summed E-state index contributed by atoms with van der Waals surface area (Å²) in [6.07, 6.45) is 0.712. The van der Waals surface area contributed by atoms with Crippen LogP contribution >= 0.6 is 0 Å². The van der Waals surface area contributed by atoms with Crippen LogP contribution < -0.4 is 15.5 Å². The Kier molecular flexibility index (Phi) is 5.49. The third kappa shape index (κ3) is 4.69. The topological polar surface area (TPSA) is 97.0 Å². The Morgan fingerprint density at radius 2 is 1.96 bits per heavy atom. The van der Waals surface area contributed by atoms with E-state index in [0.29, 0.717) is 31.7 Å². The number of morpholine rings is 1. The molecule has 2 fully saturated rings. The first-order valence-electron chi connectivity index (χ1n) is 8.30. The number of carbonyl (C=O) groups excluding carboxylic acids is 3. The van der Waals surface area contributed by atoms with E-state index in [2.05, 4.69) is 15.5 Å². The highest BCUT2D eigenvalue weighted by Crippen LogP contribution is 2.19. The van der Waals surface area contributed by atoms with Gasteiger partial charge in [-0.3, -0.25) is 9.59 Å². The van der Waals surface area contributed by atoms with Crippen LogP contribution in [0.25, 0.3) is 0 Å². The van der Waals surface area contributed by atoms with Gasteiger partial charge in [0.25, 0.3) is 5.91 Å². The van der Waals surface area contributed by atoms with E-state index >= 15 is 0 Å². The largest absolute Gasteiger partial charge is 0.454 e. The van der Waals surface area contributed by atoms with Gasteiger partial charge in [-0.15, -0.1) is 0 Å². The van der Waals surface area contributed by atoms with E-state index in [1.165, 1.54) is 0 Å². The first kappa shape index (κ1) is 17.2. The number of nitrogens with one attached hydrogen (secondary N) is 2. The van der Waals surface area contributed by atoms with Crippen molar-refractivity contribution in [2.45, 2.75) is 18.9 Å². The highest BCUT2D eigenvalue weighted by atomic mass is 16.5. The predicted molar refractivity (Wildman–Crippen MR) is 90.2 cm³/mol. The maximum absolute atomic E-state index is 11.9. The molecule has 2 aliphatic rings. The zero-order valence-electron chi connectivity index (χ0n) is 13.8. The van der Waals surface area contributed by atoms with Crippen molar-refractivity contribution in [1.82, 2.24) is 5.32 Å². The highest BCUT2D eigenvalue weighted by Gasteiger charge is 2.28. The molecule has 0 bridgehead atoms. The molecular formula is C17H21N3O5. The molecule has 0 aromatic heterocycles. The molecule has 2 heterocycles.